The summed E-state index contributed by atoms with van der Waals surface area (Å²) in [6, 6.07) is 0. The minimum atomic E-state index is 0.156. The molecule has 2 aliphatic rings. The van der Waals surface area contributed by atoms with Crippen molar-refractivity contribution in [2.24, 2.45) is 5.92 Å². The number of hydrogen-bond acceptors (Lipinski definition) is 5. The van der Waals surface area contributed by atoms with Gasteiger partial charge in [-0.15, -0.1) is 0 Å². The van der Waals surface area contributed by atoms with Gasteiger partial charge in [-0.1, -0.05) is 32.1 Å². The molecule has 0 unspecified atom stereocenters. The molecule has 2 aromatic rings. The number of aromatic nitrogens is 4. The lowest BCUT2D eigenvalue weighted by Crippen LogP contribution is -2.28. The van der Waals surface area contributed by atoms with Gasteiger partial charge in [0.25, 0.3) is 0 Å². The van der Waals surface area contributed by atoms with E-state index in [4.69, 9.17) is 5.10 Å². The van der Waals surface area contributed by atoms with Crippen LogP contribution in [0.3, 0.4) is 0 Å². The molecule has 4 rings (SSSR count). The summed E-state index contributed by atoms with van der Waals surface area (Å²) >= 11 is 0. The Morgan fingerprint density at radius 2 is 2.04 bits per heavy atom. The Morgan fingerprint density at radius 1 is 1.19 bits per heavy atom. The summed E-state index contributed by atoms with van der Waals surface area (Å²) in [6.07, 6.45) is 12.8. The van der Waals surface area contributed by atoms with Crippen molar-refractivity contribution in [3.05, 3.63) is 18.1 Å². The molecule has 1 amide bonds. The SMILES string of the molecule is O=C(CCC1CCCCC1)NCCn1nc([C@H]2CCNC2)c2nccnc21. The van der Waals surface area contributed by atoms with E-state index in [0.29, 0.717) is 25.4 Å². The van der Waals surface area contributed by atoms with Crippen LogP contribution in [0.1, 0.15) is 63.0 Å². The van der Waals surface area contributed by atoms with Gasteiger partial charge in [0.2, 0.25) is 5.91 Å². The standard InChI is InChI=1S/C20H30N6O/c27-17(7-6-15-4-2-1-3-5-15)22-12-13-26-20-19(23-10-11-24-20)18(25-26)16-8-9-21-14-16/h10-11,15-16,21H,1-9,12-14H2,(H,22,27)/t16-/m0/s1. The van der Waals surface area contributed by atoms with Crippen molar-refractivity contribution < 1.29 is 4.79 Å². The minimum absolute atomic E-state index is 0.156. The Balaban J connectivity index is 1.31. The highest BCUT2D eigenvalue weighted by Crippen LogP contribution is 2.27. The van der Waals surface area contributed by atoms with Gasteiger partial charge in [0.15, 0.2) is 5.65 Å². The van der Waals surface area contributed by atoms with E-state index in [9.17, 15) is 4.79 Å². The maximum absolute atomic E-state index is 12.2. The first kappa shape index (κ1) is 18.3. The van der Waals surface area contributed by atoms with Gasteiger partial charge in [0.05, 0.1) is 12.2 Å². The van der Waals surface area contributed by atoms with E-state index in [-0.39, 0.29) is 5.91 Å². The second kappa shape index (κ2) is 8.78. The van der Waals surface area contributed by atoms with Crippen LogP contribution in [0.5, 0.6) is 0 Å². The monoisotopic (exact) mass is 370 g/mol. The zero-order valence-corrected chi connectivity index (χ0v) is 16.0. The second-order valence-corrected chi connectivity index (χ2v) is 7.92. The first-order valence-corrected chi connectivity index (χ1v) is 10.5. The molecule has 27 heavy (non-hydrogen) atoms. The third-order valence-electron chi connectivity index (χ3n) is 5.99. The van der Waals surface area contributed by atoms with E-state index in [2.05, 4.69) is 20.6 Å². The summed E-state index contributed by atoms with van der Waals surface area (Å²) in [6.45, 7) is 3.18. The molecule has 1 saturated heterocycles. The van der Waals surface area contributed by atoms with Crippen LogP contribution in [0.15, 0.2) is 12.4 Å². The quantitative estimate of drug-likeness (QED) is 0.782. The van der Waals surface area contributed by atoms with Gasteiger partial charge < -0.3 is 10.6 Å². The number of rotatable bonds is 7. The molecule has 0 radical (unpaired) electrons. The number of nitrogens with zero attached hydrogens (tertiary/aromatic N) is 4. The van der Waals surface area contributed by atoms with E-state index in [1.807, 2.05) is 4.68 Å². The number of carbonyl (C=O) groups excluding carboxylic acids is 1. The summed E-state index contributed by atoms with van der Waals surface area (Å²) in [4.78, 5) is 21.2. The molecule has 146 valence electrons. The van der Waals surface area contributed by atoms with Gasteiger partial charge in [-0.05, 0) is 25.3 Å². The second-order valence-electron chi connectivity index (χ2n) is 7.92. The predicted molar refractivity (Wildman–Crippen MR) is 104 cm³/mol. The summed E-state index contributed by atoms with van der Waals surface area (Å²) in [5.74, 6) is 1.30. The first-order chi connectivity index (χ1) is 13.3. The zero-order chi connectivity index (χ0) is 18.5. The molecule has 0 aromatic carbocycles. The topological polar surface area (TPSA) is 84.7 Å². The minimum Gasteiger partial charge on any atom is -0.354 e. The fraction of sp³-hybridized carbons (Fsp3) is 0.700. The lowest BCUT2D eigenvalue weighted by atomic mass is 9.86. The van der Waals surface area contributed by atoms with Crippen LogP contribution in [0.25, 0.3) is 11.2 Å². The van der Waals surface area contributed by atoms with Crippen LogP contribution >= 0.6 is 0 Å². The van der Waals surface area contributed by atoms with Crippen molar-refractivity contribution in [3.63, 3.8) is 0 Å². The van der Waals surface area contributed by atoms with Gasteiger partial charge in [0, 0.05) is 37.8 Å². The van der Waals surface area contributed by atoms with E-state index >= 15 is 0 Å². The van der Waals surface area contributed by atoms with E-state index in [0.717, 1.165) is 48.7 Å². The maximum atomic E-state index is 12.2. The molecule has 7 heteroatoms. The molecule has 2 fully saturated rings. The molecule has 1 atom stereocenters. The number of fused-ring (bicyclic) bond motifs is 1. The number of carbonyl (C=O) groups is 1. The molecule has 2 N–H and O–H groups in total. The Morgan fingerprint density at radius 3 is 2.85 bits per heavy atom. The molecular formula is C20H30N6O. The summed E-state index contributed by atoms with van der Waals surface area (Å²) < 4.78 is 1.90. The van der Waals surface area contributed by atoms with Crippen molar-refractivity contribution in [2.75, 3.05) is 19.6 Å². The summed E-state index contributed by atoms with van der Waals surface area (Å²) in [5.41, 5.74) is 2.75. The largest absolute Gasteiger partial charge is 0.354 e. The lowest BCUT2D eigenvalue weighted by Gasteiger charge is -2.20. The molecule has 2 aromatic heterocycles. The van der Waals surface area contributed by atoms with Crippen LogP contribution in [0, 0.1) is 5.92 Å². The molecule has 0 bridgehead atoms. The third-order valence-corrected chi connectivity index (χ3v) is 5.99. The molecule has 0 spiro atoms. The molecular weight excluding hydrogens is 340 g/mol. The smallest absolute Gasteiger partial charge is 0.220 e. The fourth-order valence-electron chi connectivity index (χ4n) is 4.44. The molecule has 1 aliphatic carbocycles. The number of amides is 1. The summed E-state index contributed by atoms with van der Waals surface area (Å²) in [7, 11) is 0. The van der Waals surface area contributed by atoms with Crippen LogP contribution in [0.4, 0.5) is 0 Å². The normalized spacial score (nSPS) is 21.0. The van der Waals surface area contributed by atoms with Crippen LogP contribution < -0.4 is 10.6 Å². The van der Waals surface area contributed by atoms with Gasteiger partial charge >= 0.3 is 0 Å². The average Bonchev–Trinajstić information content (AvgIpc) is 3.35. The van der Waals surface area contributed by atoms with Gasteiger partial charge in [-0.2, -0.15) is 5.10 Å². The van der Waals surface area contributed by atoms with Gasteiger partial charge in [-0.3, -0.25) is 4.79 Å². The first-order valence-electron chi connectivity index (χ1n) is 10.5. The van der Waals surface area contributed by atoms with Crippen molar-refractivity contribution in [3.8, 4) is 0 Å². The molecule has 7 nitrogen and oxygen atoms in total. The highest BCUT2D eigenvalue weighted by Gasteiger charge is 2.24. The van der Waals surface area contributed by atoms with Crippen LogP contribution in [-0.4, -0.2) is 45.3 Å². The number of hydrogen-bond donors (Lipinski definition) is 2. The number of nitrogens with one attached hydrogen (secondary N) is 2. The molecule has 1 saturated carbocycles. The van der Waals surface area contributed by atoms with Crippen molar-refractivity contribution in [1.29, 1.82) is 0 Å². The Bertz CT molecular complexity index is 761. The average molecular weight is 371 g/mol. The maximum Gasteiger partial charge on any atom is 0.220 e. The lowest BCUT2D eigenvalue weighted by molar-refractivity contribution is -0.121. The molecule has 3 heterocycles. The zero-order valence-electron chi connectivity index (χ0n) is 16.0. The van der Waals surface area contributed by atoms with Crippen molar-refractivity contribution >= 4 is 17.1 Å². The van der Waals surface area contributed by atoms with E-state index in [1.165, 1.54) is 32.1 Å². The van der Waals surface area contributed by atoms with Gasteiger partial charge in [-0.25, -0.2) is 14.6 Å². The molecule has 1 aliphatic heterocycles. The van der Waals surface area contributed by atoms with Crippen molar-refractivity contribution in [2.45, 2.75) is 63.8 Å². The van der Waals surface area contributed by atoms with Crippen LogP contribution in [0.2, 0.25) is 0 Å². The van der Waals surface area contributed by atoms with Crippen molar-refractivity contribution in [1.82, 2.24) is 30.4 Å². The van der Waals surface area contributed by atoms with E-state index < -0.39 is 0 Å². The highest BCUT2D eigenvalue weighted by molar-refractivity contribution is 5.76. The van der Waals surface area contributed by atoms with Gasteiger partial charge in [0.1, 0.15) is 5.52 Å². The van der Waals surface area contributed by atoms with Crippen LogP contribution in [-0.2, 0) is 11.3 Å². The Labute approximate surface area is 160 Å². The predicted octanol–water partition coefficient (Wildman–Crippen LogP) is 2.38. The summed E-state index contributed by atoms with van der Waals surface area (Å²) in [5, 5.41) is 11.2. The van der Waals surface area contributed by atoms with E-state index in [1.54, 1.807) is 12.4 Å². The Kier molecular flexibility index (Phi) is 5.97. The third kappa shape index (κ3) is 4.46. The highest BCUT2D eigenvalue weighted by atomic mass is 16.1. The Hall–Kier alpha value is -2.02. The fourth-order valence-corrected chi connectivity index (χ4v) is 4.44.